The lowest BCUT2D eigenvalue weighted by atomic mass is 10.0. The largest absolute Gasteiger partial charge is 0.398 e. The van der Waals surface area contributed by atoms with Crippen LogP contribution in [-0.4, -0.2) is 11.4 Å². The summed E-state index contributed by atoms with van der Waals surface area (Å²) < 4.78 is 13.5. The monoisotopic (exact) mass is 238 g/mol. The van der Waals surface area contributed by atoms with Crippen LogP contribution in [0.1, 0.15) is 43.1 Å². The van der Waals surface area contributed by atoms with E-state index in [9.17, 15) is 9.18 Å². The van der Waals surface area contributed by atoms with Crippen molar-refractivity contribution in [1.82, 2.24) is 5.32 Å². The molecular formula is C13H19FN2O. The van der Waals surface area contributed by atoms with Gasteiger partial charge < -0.3 is 11.1 Å². The molecule has 3 N–H and O–H groups in total. The van der Waals surface area contributed by atoms with Crippen molar-refractivity contribution in [3.05, 3.63) is 29.1 Å². The summed E-state index contributed by atoms with van der Waals surface area (Å²) in [5.74, 6) is -0.757. The van der Waals surface area contributed by atoms with E-state index in [0.717, 1.165) is 6.42 Å². The summed E-state index contributed by atoms with van der Waals surface area (Å²) in [6, 6.07) is 2.71. The van der Waals surface area contributed by atoms with Crippen LogP contribution in [0.4, 0.5) is 10.1 Å². The van der Waals surface area contributed by atoms with Crippen molar-refractivity contribution in [3.8, 4) is 0 Å². The minimum absolute atomic E-state index is 0.257. The zero-order valence-electron chi connectivity index (χ0n) is 10.7. The summed E-state index contributed by atoms with van der Waals surface area (Å²) in [4.78, 5) is 11.9. The fraction of sp³-hybridized carbons (Fsp3) is 0.462. The minimum atomic E-state index is -0.454. The second-order valence-electron chi connectivity index (χ2n) is 4.86. The van der Waals surface area contributed by atoms with Gasteiger partial charge in [-0.3, -0.25) is 4.79 Å². The van der Waals surface area contributed by atoms with E-state index in [2.05, 4.69) is 5.32 Å². The number of carbonyl (C=O) groups is 1. The number of rotatable bonds is 3. The first-order valence-electron chi connectivity index (χ1n) is 5.65. The number of nitrogen functional groups attached to an aromatic ring is 1. The summed E-state index contributed by atoms with van der Waals surface area (Å²) in [6.45, 7) is 7.39. The molecule has 0 aliphatic carbocycles. The fourth-order valence-corrected chi connectivity index (χ4v) is 1.30. The topological polar surface area (TPSA) is 55.1 Å². The van der Waals surface area contributed by atoms with E-state index >= 15 is 0 Å². The molecule has 0 heterocycles. The molecule has 4 heteroatoms. The van der Waals surface area contributed by atoms with Gasteiger partial charge in [0.1, 0.15) is 5.82 Å². The van der Waals surface area contributed by atoms with Crippen LogP contribution in [0, 0.1) is 12.7 Å². The molecule has 0 fully saturated rings. The number of anilines is 1. The Hall–Kier alpha value is -1.58. The average Bonchev–Trinajstić information content (AvgIpc) is 2.24. The molecule has 0 saturated carbocycles. The molecular weight excluding hydrogens is 219 g/mol. The predicted molar refractivity (Wildman–Crippen MR) is 67.4 cm³/mol. The van der Waals surface area contributed by atoms with Gasteiger partial charge in [0.15, 0.2) is 0 Å². The standard InChI is InChI=1S/C13H19FN2O/c1-5-13(3,4)16-12(17)9-6-10(14)8(2)11(15)7-9/h6-7H,5,15H2,1-4H3,(H,16,17). The van der Waals surface area contributed by atoms with Crippen molar-refractivity contribution >= 4 is 11.6 Å². The van der Waals surface area contributed by atoms with E-state index < -0.39 is 5.82 Å². The van der Waals surface area contributed by atoms with Crippen molar-refractivity contribution in [2.75, 3.05) is 5.73 Å². The van der Waals surface area contributed by atoms with E-state index in [-0.39, 0.29) is 17.0 Å². The SMILES string of the molecule is CCC(C)(C)NC(=O)c1cc(N)c(C)c(F)c1. The van der Waals surface area contributed by atoms with Crippen LogP contribution in [0.2, 0.25) is 0 Å². The number of carbonyl (C=O) groups excluding carboxylic acids is 1. The van der Waals surface area contributed by atoms with Gasteiger partial charge in [-0.15, -0.1) is 0 Å². The van der Waals surface area contributed by atoms with Crippen molar-refractivity contribution in [3.63, 3.8) is 0 Å². The normalized spacial score (nSPS) is 11.4. The van der Waals surface area contributed by atoms with E-state index in [1.165, 1.54) is 12.1 Å². The second kappa shape index (κ2) is 4.73. The highest BCUT2D eigenvalue weighted by Gasteiger charge is 2.19. The lowest BCUT2D eigenvalue weighted by Crippen LogP contribution is -2.42. The van der Waals surface area contributed by atoms with E-state index in [1.807, 2.05) is 20.8 Å². The van der Waals surface area contributed by atoms with Crippen LogP contribution >= 0.6 is 0 Å². The highest BCUT2D eigenvalue weighted by molar-refractivity contribution is 5.95. The van der Waals surface area contributed by atoms with Gasteiger partial charge in [0, 0.05) is 22.4 Å². The molecule has 0 aromatic heterocycles. The maximum absolute atomic E-state index is 13.5. The molecule has 0 aliphatic heterocycles. The Morgan fingerprint density at radius 1 is 1.47 bits per heavy atom. The minimum Gasteiger partial charge on any atom is -0.398 e. The molecule has 94 valence electrons. The Morgan fingerprint density at radius 3 is 2.53 bits per heavy atom. The number of amides is 1. The third-order valence-corrected chi connectivity index (χ3v) is 2.98. The van der Waals surface area contributed by atoms with Gasteiger partial charge in [-0.2, -0.15) is 0 Å². The molecule has 0 radical (unpaired) electrons. The van der Waals surface area contributed by atoms with Crippen LogP contribution < -0.4 is 11.1 Å². The highest BCUT2D eigenvalue weighted by atomic mass is 19.1. The summed E-state index contributed by atoms with van der Waals surface area (Å²) >= 11 is 0. The van der Waals surface area contributed by atoms with E-state index in [0.29, 0.717) is 11.3 Å². The van der Waals surface area contributed by atoms with Gasteiger partial charge in [-0.1, -0.05) is 6.92 Å². The maximum atomic E-state index is 13.5. The van der Waals surface area contributed by atoms with Gasteiger partial charge in [0.05, 0.1) is 0 Å². The summed E-state index contributed by atoms with van der Waals surface area (Å²) in [7, 11) is 0. The summed E-state index contributed by atoms with van der Waals surface area (Å²) in [6.07, 6.45) is 0.794. The van der Waals surface area contributed by atoms with Gasteiger partial charge in [0.25, 0.3) is 5.91 Å². The van der Waals surface area contributed by atoms with Gasteiger partial charge in [0.2, 0.25) is 0 Å². The second-order valence-corrected chi connectivity index (χ2v) is 4.86. The van der Waals surface area contributed by atoms with Crippen molar-refractivity contribution < 1.29 is 9.18 Å². The highest BCUT2D eigenvalue weighted by Crippen LogP contribution is 2.18. The van der Waals surface area contributed by atoms with Crippen molar-refractivity contribution in [2.45, 2.75) is 39.7 Å². The van der Waals surface area contributed by atoms with Gasteiger partial charge in [-0.25, -0.2) is 4.39 Å². The van der Waals surface area contributed by atoms with Crippen LogP contribution in [0.3, 0.4) is 0 Å². The molecule has 0 spiro atoms. The Labute approximate surface area is 101 Å². The number of halogens is 1. The zero-order chi connectivity index (χ0) is 13.2. The Balaban J connectivity index is 2.98. The van der Waals surface area contributed by atoms with Crippen molar-refractivity contribution in [2.24, 2.45) is 0 Å². The molecule has 3 nitrogen and oxygen atoms in total. The molecule has 0 atom stereocenters. The number of hydrogen-bond donors (Lipinski definition) is 2. The Kier molecular flexibility index (Phi) is 3.76. The van der Waals surface area contributed by atoms with Crippen LogP contribution in [0.5, 0.6) is 0 Å². The molecule has 1 aromatic carbocycles. The fourth-order valence-electron chi connectivity index (χ4n) is 1.30. The van der Waals surface area contributed by atoms with Crippen LogP contribution in [-0.2, 0) is 0 Å². The molecule has 17 heavy (non-hydrogen) atoms. The average molecular weight is 238 g/mol. The molecule has 0 unspecified atom stereocenters. The first-order valence-corrected chi connectivity index (χ1v) is 5.65. The van der Waals surface area contributed by atoms with Gasteiger partial charge in [-0.05, 0) is 39.3 Å². The molecule has 1 amide bonds. The third kappa shape index (κ3) is 3.19. The Morgan fingerprint density at radius 2 is 2.06 bits per heavy atom. The van der Waals surface area contributed by atoms with Crippen LogP contribution in [0.25, 0.3) is 0 Å². The zero-order valence-corrected chi connectivity index (χ0v) is 10.7. The third-order valence-electron chi connectivity index (χ3n) is 2.98. The van der Waals surface area contributed by atoms with E-state index in [4.69, 9.17) is 5.73 Å². The number of nitrogens with two attached hydrogens (primary N) is 1. The first-order chi connectivity index (χ1) is 7.76. The predicted octanol–water partition coefficient (Wildman–Crippen LogP) is 2.63. The molecule has 1 rings (SSSR count). The first kappa shape index (κ1) is 13.5. The lowest BCUT2D eigenvalue weighted by molar-refractivity contribution is 0.0911. The number of nitrogens with one attached hydrogen (secondary N) is 1. The smallest absolute Gasteiger partial charge is 0.251 e. The van der Waals surface area contributed by atoms with Crippen LogP contribution in [0.15, 0.2) is 12.1 Å². The maximum Gasteiger partial charge on any atom is 0.251 e. The van der Waals surface area contributed by atoms with E-state index in [1.54, 1.807) is 6.92 Å². The summed E-state index contributed by atoms with van der Waals surface area (Å²) in [5, 5.41) is 2.83. The quantitative estimate of drug-likeness (QED) is 0.795. The van der Waals surface area contributed by atoms with Gasteiger partial charge >= 0.3 is 0 Å². The molecule has 1 aromatic rings. The lowest BCUT2D eigenvalue weighted by Gasteiger charge is -2.24. The number of hydrogen-bond acceptors (Lipinski definition) is 2. The summed E-state index contributed by atoms with van der Waals surface area (Å²) in [5.41, 5.74) is 6.25. The van der Waals surface area contributed by atoms with Crippen molar-refractivity contribution in [1.29, 1.82) is 0 Å². The Bertz CT molecular complexity index is 418. The molecule has 0 aliphatic rings. The number of benzene rings is 1. The molecule has 0 saturated heterocycles. The molecule has 0 bridgehead atoms.